The Hall–Kier alpha value is -5.40. The largest absolute Gasteiger partial charge is 0.309 e. The molecular weight excluding hydrogens is 494 g/mol. The zero-order valence-electron chi connectivity index (χ0n) is 22.6. The van der Waals surface area contributed by atoms with Crippen LogP contribution in [-0.4, -0.2) is 4.57 Å². The normalized spacial score (nSPS) is 12.2. The van der Waals surface area contributed by atoms with Gasteiger partial charge in [-0.2, -0.15) is 0 Å². The summed E-state index contributed by atoms with van der Waals surface area (Å²) in [4.78, 5) is 0. The molecule has 0 atom stereocenters. The standard InChI is InChI=1S/C40H27N/c1-3-12-26(4-2)34-25-35(27-13-6-5-7-14-27)32-22-23-33-38(24-20-28-19-21-31(34)40(32)39(28)33)41-36-17-10-8-15-29(36)30-16-9-11-18-37(30)41/h3-25H,1-2H2/b26-12+. The van der Waals surface area contributed by atoms with Gasteiger partial charge in [-0.15, -0.1) is 0 Å². The molecule has 0 N–H and O–H groups in total. The molecule has 1 aromatic heterocycles. The summed E-state index contributed by atoms with van der Waals surface area (Å²) in [6.07, 6.45) is 5.83. The van der Waals surface area contributed by atoms with Crippen molar-refractivity contribution in [3.8, 4) is 16.8 Å². The molecule has 0 radical (unpaired) electrons. The van der Waals surface area contributed by atoms with E-state index >= 15 is 0 Å². The van der Waals surface area contributed by atoms with Crippen LogP contribution in [-0.2, 0) is 0 Å². The van der Waals surface area contributed by atoms with Gasteiger partial charge in [0, 0.05) is 16.2 Å². The van der Waals surface area contributed by atoms with Gasteiger partial charge in [0.25, 0.3) is 0 Å². The molecule has 0 saturated carbocycles. The maximum atomic E-state index is 4.15. The number of fused-ring (bicyclic) bond motifs is 3. The van der Waals surface area contributed by atoms with Crippen LogP contribution < -0.4 is 0 Å². The molecule has 192 valence electrons. The molecule has 8 rings (SSSR count). The van der Waals surface area contributed by atoms with Gasteiger partial charge >= 0.3 is 0 Å². The van der Waals surface area contributed by atoms with Crippen molar-refractivity contribution in [3.05, 3.63) is 158 Å². The first-order chi connectivity index (χ1) is 20.3. The van der Waals surface area contributed by atoms with Crippen LogP contribution in [0.2, 0.25) is 0 Å². The van der Waals surface area contributed by atoms with Gasteiger partial charge < -0.3 is 4.57 Å². The Bertz CT molecular complexity index is 2280. The Morgan fingerprint density at radius 3 is 1.90 bits per heavy atom. The zero-order chi connectivity index (χ0) is 27.5. The average Bonchev–Trinajstić information content (AvgIpc) is 3.37. The van der Waals surface area contributed by atoms with Crippen molar-refractivity contribution in [1.82, 2.24) is 4.57 Å². The van der Waals surface area contributed by atoms with E-state index < -0.39 is 0 Å². The molecular formula is C40H27N. The maximum Gasteiger partial charge on any atom is 0.0541 e. The van der Waals surface area contributed by atoms with Crippen LogP contribution in [0.3, 0.4) is 0 Å². The summed E-state index contributed by atoms with van der Waals surface area (Å²) in [5, 5.41) is 10.1. The predicted octanol–water partition coefficient (Wildman–Crippen LogP) is 11.1. The molecule has 0 aliphatic heterocycles. The van der Waals surface area contributed by atoms with Crippen LogP contribution in [0.5, 0.6) is 0 Å². The Balaban J connectivity index is 1.56. The second kappa shape index (κ2) is 9.08. The number of allylic oxidation sites excluding steroid dienone is 4. The Morgan fingerprint density at radius 1 is 0.561 bits per heavy atom. The molecule has 41 heavy (non-hydrogen) atoms. The van der Waals surface area contributed by atoms with Crippen molar-refractivity contribution in [3.63, 3.8) is 0 Å². The van der Waals surface area contributed by atoms with E-state index in [0.29, 0.717) is 0 Å². The van der Waals surface area contributed by atoms with Gasteiger partial charge in [0.2, 0.25) is 0 Å². The van der Waals surface area contributed by atoms with E-state index in [-0.39, 0.29) is 0 Å². The third kappa shape index (κ3) is 3.36. The fourth-order valence-corrected chi connectivity index (χ4v) is 6.75. The van der Waals surface area contributed by atoms with Crippen molar-refractivity contribution in [2.24, 2.45) is 0 Å². The van der Waals surface area contributed by atoms with E-state index in [1.165, 1.54) is 76.5 Å². The first kappa shape index (κ1) is 23.5. The molecule has 0 aliphatic carbocycles. The van der Waals surface area contributed by atoms with Crippen molar-refractivity contribution < 1.29 is 0 Å². The van der Waals surface area contributed by atoms with E-state index in [0.717, 1.165) is 5.57 Å². The minimum atomic E-state index is 1.07. The number of aromatic nitrogens is 1. The minimum Gasteiger partial charge on any atom is -0.309 e. The minimum absolute atomic E-state index is 1.07. The van der Waals surface area contributed by atoms with Gasteiger partial charge in [-0.3, -0.25) is 0 Å². The first-order valence-electron chi connectivity index (χ1n) is 14.0. The predicted molar refractivity (Wildman–Crippen MR) is 178 cm³/mol. The second-order valence-electron chi connectivity index (χ2n) is 10.6. The van der Waals surface area contributed by atoms with E-state index in [1.807, 2.05) is 12.2 Å². The van der Waals surface area contributed by atoms with Gasteiger partial charge in [-0.25, -0.2) is 0 Å². The van der Waals surface area contributed by atoms with Crippen molar-refractivity contribution >= 4 is 59.7 Å². The lowest BCUT2D eigenvalue weighted by molar-refractivity contribution is 1.20. The van der Waals surface area contributed by atoms with Gasteiger partial charge in [-0.05, 0) is 73.5 Å². The number of nitrogens with zero attached hydrogens (tertiary/aromatic N) is 1. The Kier molecular flexibility index (Phi) is 5.20. The summed E-state index contributed by atoms with van der Waals surface area (Å²) in [6.45, 7) is 8.13. The molecule has 1 heterocycles. The highest BCUT2D eigenvalue weighted by Gasteiger charge is 2.20. The molecule has 0 aliphatic rings. The van der Waals surface area contributed by atoms with Gasteiger partial charge in [0.15, 0.2) is 0 Å². The van der Waals surface area contributed by atoms with Crippen molar-refractivity contribution in [2.45, 2.75) is 0 Å². The molecule has 1 nitrogen and oxygen atoms in total. The quantitative estimate of drug-likeness (QED) is 0.157. The van der Waals surface area contributed by atoms with Gasteiger partial charge in [-0.1, -0.05) is 128 Å². The van der Waals surface area contributed by atoms with Gasteiger partial charge in [0.1, 0.15) is 0 Å². The molecule has 8 aromatic rings. The number of hydrogen-bond donors (Lipinski definition) is 0. The summed E-state index contributed by atoms with van der Waals surface area (Å²) in [5.74, 6) is 0. The Morgan fingerprint density at radius 2 is 1.20 bits per heavy atom. The zero-order valence-corrected chi connectivity index (χ0v) is 22.6. The molecule has 0 saturated heterocycles. The van der Waals surface area contributed by atoms with E-state index in [9.17, 15) is 0 Å². The molecule has 0 bridgehead atoms. The van der Waals surface area contributed by atoms with Crippen LogP contribution in [0, 0.1) is 0 Å². The summed E-state index contributed by atoms with van der Waals surface area (Å²) in [6, 6.07) is 44.2. The molecule has 1 heteroatoms. The molecule has 0 fully saturated rings. The number of para-hydroxylation sites is 2. The molecule has 0 spiro atoms. The number of hydrogen-bond acceptors (Lipinski definition) is 0. The molecule has 7 aromatic carbocycles. The lowest BCUT2D eigenvalue weighted by Crippen LogP contribution is -1.98. The number of benzene rings is 7. The second-order valence-corrected chi connectivity index (χ2v) is 10.6. The van der Waals surface area contributed by atoms with Crippen molar-refractivity contribution in [2.75, 3.05) is 0 Å². The van der Waals surface area contributed by atoms with Crippen LogP contribution in [0.25, 0.3) is 76.5 Å². The lowest BCUT2D eigenvalue weighted by atomic mass is 9.85. The highest BCUT2D eigenvalue weighted by atomic mass is 15.0. The molecule has 0 amide bonds. The van der Waals surface area contributed by atoms with E-state index in [2.05, 4.69) is 145 Å². The summed E-state index contributed by atoms with van der Waals surface area (Å²) < 4.78 is 2.43. The fourth-order valence-electron chi connectivity index (χ4n) is 6.75. The number of rotatable bonds is 5. The van der Waals surface area contributed by atoms with E-state index in [1.54, 1.807) is 0 Å². The molecule has 0 unspecified atom stereocenters. The highest BCUT2D eigenvalue weighted by molar-refractivity contribution is 6.29. The first-order valence-corrected chi connectivity index (χ1v) is 14.0. The van der Waals surface area contributed by atoms with Crippen LogP contribution in [0.1, 0.15) is 5.56 Å². The van der Waals surface area contributed by atoms with Crippen LogP contribution in [0.4, 0.5) is 0 Å². The third-order valence-corrected chi connectivity index (χ3v) is 8.49. The lowest BCUT2D eigenvalue weighted by Gasteiger charge is -2.20. The van der Waals surface area contributed by atoms with Crippen LogP contribution in [0.15, 0.2) is 153 Å². The SMILES string of the molecule is C=C/C=C(\C=C)c1cc(-c2ccccc2)c2ccc3c(-n4c5ccccc5c5ccccc54)ccc4ccc1c2c43. The summed E-state index contributed by atoms with van der Waals surface area (Å²) in [7, 11) is 0. The van der Waals surface area contributed by atoms with E-state index in [4.69, 9.17) is 0 Å². The Labute approximate surface area is 238 Å². The van der Waals surface area contributed by atoms with Crippen LogP contribution >= 0.6 is 0 Å². The highest BCUT2D eigenvalue weighted by Crippen LogP contribution is 2.45. The smallest absolute Gasteiger partial charge is 0.0541 e. The third-order valence-electron chi connectivity index (χ3n) is 8.49. The van der Waals surface area contributed by atoms with Crippen molar-refractivity contribution in [1.29, 1.82) is 0 Å². The maximum absolute atomic E-state index is 4.15. The topological polar surface area (TPSA) is 4.93 Å². The summed E-state index contributed by atoms with van der Waals surface area (Å²) in [5.41, 5.74) is 8.30. The summed E-state index contributed by atoms with van der Waals surface area (Å²) >= 11 is 0. The van der Waals surface area contributed by atoms with Gasteiger partial charge in [0.05, 0.1) is 16.7 Å². The fraction of sp³-hybridized carbons (Fsp3) is 0. The average molecular weight is 522 g/mol. The monoisotopic (exact) mass is 521 g/mol.